The van der Waals surface area contributed by atoms with E-state index in [9.17, 15) is 0 Å². The van der Waals surface area contributed by atoms with Crippen molar-refractivity contribution in [1.82, 2.24) is 24.9 Å². The summed E-state index contributed by atoms with van der Waals surface area (Å²) in [5, 5.41) is 12.7. The van der Waals surface area contributed by atoms with Crippen molar-refractivity contribution in [1.29, 1.82) is 0 Å². The molecule has 0 saturated carbocycles. The van der Waals surface area contributed by atoms with Crippen molar-refractivity contribution in [3.8, 4) is 0 Å². The lowest BCUT2D eigenvalue weighted by Gasteiger charge is -2.22. The number of likely N-dealkylation sites (tertiary alicyclic amines) is 1. The van der Waals surface area contributed by atoms with Crippen LogP contribution in [0.1, 0.15) is 30.2 Å². The molecular weight excluding hydrogens is 302 g/mol. The standard InChI is InChI=1S/C18H21N5O/c1-2-6-15(7-3-1)12-17-20-21-18(24-17)14-22-10-4-8-16(22)13-23-11-5-9-19-23/h1-3,5-7,9,11,16H,4,8,10,12-14H2/t16-/m0/s1. The molecule has 2 aromatic heterocycles. The Morgan fingerprint density at radius 1 is 1.08 bits per heavy atom. The Labute approximate surface area is 141 Å². The summed E-state index contributed by atoms with van der Waals surface area (Å²) < 4.78 is 7.84. The van der Waals surface area contributed by atoms with Gasteiger partial charge in [-0.05, 0) is 31.0 Å². The van der Waals surface area contributed by atoms with Gasteiger partial charge in [0.1, 0.15) is 0 Å². The number of hydrogen-bond acceptors (Lipinski definition) is 5. The molecule has 4 rings (SSSR count). The van der Waals surface area contributed by atoms with Gasteiger partial charge in [-0.2, -0.15) is 5.10 Å². The predicted octanol–water partition coefficient (Wildman–Crippen LogP) is 2.52. The highest BCUT2D eigenvalue weighted by Crippen LogP contribution is 2.21. The minimum atomic E-state index is 0.481. The summed E-state index contributed by atoms with van der Waals surface area (Å²) in [5.74, 6) is 1.38. The molecule has 1 atom stereocenters. The fraction of sp³-hybridized carbons (Fsp3) is 0.389. The molecule has 0 aliphatic carbocycles. The maximum absolute atomic E-state index is 5.85. The van der Waals surface area contributed by atoms with E-state index in [1.165, 1.54) is 18.4 Å². The van der Waals surface area contributed by atoms with Crippen molar-refractivity contribution in [3.63, 3.8) is 0 Å². The fourth-order valence-corrected chi connectivity index (χ4v) is 3.30. The molecule has 6 nitrogen and oxygen atoms in total. The lowest BCUT2D eigenvalue weighted by atomic mass is 10.2. The molecule has 1 aromatic carbocycles. The molecule has 124 valence electrons. The summed E-state index contributed by atoms with van der Waals surface area (Å²) in [6.07, 6.45) is 6.92. The maximum atomic E-state index is 5.85. The van der Waals surface area contributed by atoms with E-state index in [1.54, 1.807) is 0 Å². The monoisotopic (exact) mass is 323 g/mol. The minimum Gasteiger partial charge on any atom is -0.424 e. The third-order valence-corrected chi connectivity index (χ3v) is 4.50. The Balaban J connectivity index is 1.38. The zero-order valence-electron chi connectivity index (χ0n) is 13.6. The number of hydrogen-bond donors (Lipinski definition) is 0. The summed E-state index contributed by atoms with van der Waals surface area (Å²) >= 11 is 0. The van der Waals surface area contributed by atoms with Gasteiger partial charge in [0.25, 0.3) is 0 Å². The smallest absolute Gasteiger partial charge is 0.230 e. The SMILES string of the molecule is c1ccc(Cc2nnc(CN3CCC[C@H]3Cn3cccn3)o2)cc1. The van der Waals surface area contributed by atoms with Crippen LogP contribution in [0, 0.1) is 0 Å². The molecule has 24 heavy (non-hydrogen) atoms. The van der Waals surface area contributed by atoms with Crippen LogP contribution in [0.4, 0.5) is 0 Å². The Kier molecular flexibility index (Phi) is 4.38. The maximum Gasteiger partial charge on any atom is 0.230 e. The number of benzene rings is 1. The van der Waals surface area contributed by atoms with E-state index in [4.69, 9.17) is 4.42 Å². The van der Waals surface area contributed by atoms with Crippen LogP contribution in [-0.4, -0.2) is 37.5 Å². The van der Waals surface area contributed by atoms with Crippen molar-refractivity contribution in [3.05, 3.63) is 66.1 Å². The third kappa shape index (κ3) is 3.54. The van der Waals surface area contributed by atoms with Gasteiger partial charge in [-0.3, -0.25) is 9.58 Å². The zero-order chi connectivity index (χ0) is 16.2. The van der Waals surface area contributed by atoms with Gasteiger partial charge in [0, 0.05) is 18.4 Å². The molecule has 3 heterocycles. The van der Waals surface area contributed by atoms with Gasteiger partial charge in [0.15, 0.2) is 0 Å². The largest absolute Gasteiger partial charge is 0.424 e. The molecular formula is C18H21N5O. The molecule has 0 spiro atoms. The molecule has 3 aromatic rings. The van der Waals surface area contributed by atoms with Gasteiger partial charge in [0.2, 0.25) is 11.8 Å². The first-order valence-electron chi connectivity index (χ1n) is 8.43. The summed E-state index contributed by atoms with van der Waals surface area (Å²) in [5.41, 5.74) is 1.19. The van der Waals surface area contributed by atoms with Crippen molar-refractivity contribution < 1.29 is 4.42 Å². The van der Waals surface area contributed by atoms with Crippen molar-refractivity contribution in [2.75, 3.05) is 6.54 Å². The van der Waals surface area contributed by atoms with Crippen LogP contribution < -0.4 is 0 Å². The highest BCUT2D eigenvalue weighted by molar-refractivity contribution is 5.17. The average molecular weight is 323 g/mol. The summed E-state index contributed by atoms with van der Waals surface area (Å²) in [4.78, 5) is 2.42. The first-order chi connectivity index (χ1) is 11.9. The number of nitrogens with zero attached hydrogens (tertiary/aromatic N) is 5. The Morgan fingerprint density at radius 2 is 1.96 bits per heavy atom. The Bertz CT molecular complexity index is 753. The van der Waals surface area contributed by atoms with Gasteiger partial charge >= 0.3 is 0 Å². The van der Waals surface area contributed by atoms with Crippen molar-refractivity contribution >= 4 is 0 Å². The van der Waals surface area contributed by atoms with Crippen LogP contribution in [0.15, 0.2) is 53.2 Å². The van der Waals surface area contributed by atoms with Crippen LogP contribution in [0.2, 0.25) is 0 Å². The topological polar surface area (TPSA) is 60.0 Å². The molecule has 6 heteroatoms. The van der Waals surface area contributed by atoms with Crippen LogP contribution in [0.5, 0.6) is 0 Å². The van der Waals surface area contributed by atoms with E-state index in [0.717, 1.165) is 13.1 Å². The Hall–Kier alpha value is -2.47. The van der Waals surface area contributed by atoms with Gasteiger partial charge in [-0.25, -0.2) is 0 Å². The lowest BCUT2D eigenvalue weighted by Crippen LogP contribution is -2.32. The minimum absolute atomic E-state index is 0.481. The third-order valence-electron chi connectivity index (χ3n) is 4.50. The van der Waals surface area contributed by atoms with E-state index in [1.807, 2.05) is 41.3 Å². The fourth-order valence-electron chi connectivity index (χ4n) is 3.30. The molecule has 1 fully saturated rings. The quantitative estimate of drug-likeness (QED) is 0.697. The first kappa shape index (κ1) is 15.1. The van der Waals surface area contributed by atoms with E-state index in [0.29, 0.717) is 30.8 Å². The summed E-state index contributed by atoms with van der Waals surface area (Å²) in [6, 6.07) is 12.7. The zero-order valence-corrected chi connectivity index (χ0v) is 13.6. The second kappa shape index (κ2) is 6.97. The van der Waals surface area contributed by atoms with Gasteiger partial charge in [0.05, 0.1) is 19.5 Å². The average Bonchev–Trinajstić information content (AvgIpc) is 3.34. The van der Waals surface area contributed by atoms with Crippen molar-refractivity contribution in [2.24, 2.45) is 0 Å². The molecule has 0 radical (unpaired) electrons. The van der Waals surface area contributed by atoms with E-state index < -0.39 is 0 Å². The van der Waals surface area contributed by atoms with Crippen molar-refractivity contribution in [2.45, 2.75) is 38.4 Å². The molecule has 1 aliphatic rings. The van der Waals surface area contributed by atoms with Gasteiger partial charge < -0.3 is 4.42 Å². The van der Waals surface area contributed by atoms with Crippen LogP contribution in [-0.2, 0) is 19.5 Å². The predicted molar refractivity (Wildman–Crippen MR) is 89.2 cm³/mol. The molecule has 0 bridgehead atoms. The highest BCUT2D eigenvalue weighted by atomic mass is 16.4. The summed E-state index contributed by atoms with van der Waals surface area (Å²) in [7, 11) is 0. The van der Waals surface area contributed by atoms with Gasteiger partial charge in [-0.15, -0.1) is 10.2 Å². The van der Waals surface area contributed by atoms with Crippen LogP contribution >= 0.6 is 0 Å². The lowest BCUT2D eigenvalue weighted by molar-refractivity contribution is 0.198. The Morgan fingerprint density at radius 3 is 2.79 bits per heavy atom. The van der Waals surface area contributed by atoms with Crippen LogP contribution in [0.3, 0.4) is 0 Å². The molecule has 0 unspecified atom stereocenters. The number of rotatable bonds is 6. The molecule has 1 aliphatic heterocycles. The molecule has 0 amide bonds. The summed E-state index contributed by atoms with van der Waals surface area (Å²) in [6.45, 7) is 2.70. The first-order valence-corrected chi connectivity index (χ1v) is 8.43. The van der Waals surface area contributed by atoms with Crippen LogP contribution in [0.25, 0.3) is 0 Å². The second-order valence-electron chi connectivity index (χ2n) is 6.25. The molecule has 1 saturated heterocycles. The van der Waals surface area contributed by atoms with E-state index in [-0.39, 0.29) is 0 Å². The second-order valence-corrected chi connectivity index (χ2v) is 6.25. The number of aromatic nitrogens is 4. The van der Waals surface area contributed by atoms with Gasteiger partial charge in [-0.1, -0.05) is 30.3 Å². The molecule has 0 N–H and O–H groups in total. The van der Waals surface area contributed by atoms with E-state index in [2.05, 4.69) is 32.3 Å². The normalized spacial score (nSPS) is 18.2. The highest BCUT2D eigenvalue weighted by Gasteiger charge is 2.26. The van der Waals surface area contributed by atoms with E-state index >= 15 is 0 Å².